The van der Waals surface area contributed by atoms with E-state index in [0.717, 1.165) is 24.0 Å². The number of rotatable bonds is 8. The molecule has 0 bridgehead atoms. The SMILES string of the molecule is CCCc1ccc(-c2ccc(CCc3cc(F)c(C(F)(F)OC(F)(F)F)c(F)c3)c(F)c2)cc1. The molecule has 0 N–H and O–H groups in total. The molecule has 0 spiro atoms. The van der Waals surface area contributed by atoms with Crippen LogP contribution in [-0.2, 0) is 30.1 Å². The van der Waals surface area contributed by atoms with Gasteiger partial charge in [0, 0.05) is 0 Å². The summed E-state index contributed by atoms with van der Waals surface area (Å²) in [6, 6.07) is 13.2. The molecular weight excluding hydrogens is 468 g/mol. The van der Waals surface area contributed by atoms with Gasteiger partial charge < -0.3 is 0 Å². The van der Waals surface area contributed by atoms with Crippen LogP contribution in [0.15, 0.2) is 54.6 Å². The summed E-state index contributed by atoms with van der Waals surface area (Å²) >= 11 is 0. The molecule has 0 saturated heterocycles. The van der Waals surface area contributed by atoms with Crippen LogP contribution in [0.4, 0.5) is 35.1 Å². The van der Waals surface area contributed by atoms with Gasteiger partial charge in [-0.25, -0.2) is 17.9 Å². The van der Waals surface area contributed by atoms with Crippen molar-refractivity contribution < 1.29 is 39.9 Å². The number of benzene rings is 3. The molecule has 182 valence electrons. The molecule has 9 heteroatoms. The fourth-order valence-electron chi connectivity index (χ4n) is 3.61. The van der Waals surface area contributed by atoms with Gasteiger partial charge >= 0.3 is 12.5 Å². The predicted octanol–water partition coefficient (Wildman–Crippen LogP) is 8.09. The van der Waals surface area contributed by atoms with Crippen LogP contribution in [0.5, 0.6) is 0 Å². The lowest BCUT2D eigenvalue weighted by atomic mass is 9.98. The highest BCUT2D eigenvalue weighted by molar-refractivity contribution is 5.64. The van der Waals surface area contributed by atoms with Crippen molar-refractivity contribution in [2.75, 3.05) is 0 Å². The van der Waals surface area contributed by atoms with E-state index in [9.17, 15) is 35.1 Å². The Kier molecular flexibility index (Phi) is 7.65. The Labute approximate surface area is 191 Å². The Balaban J connectivity index is 1.74. The largest absolute Gasteiger partial charge is 0.527 e. The summed E-state index contributed by atoms with van der Waals surface area (Å²) in [4.78, 5) is 0. The van der Waals surface area contributed by atoms with E-state index in [1.54, 1.807) is 6.07 Å². The normalized spacial score (nSPS) is 12.3. The average molecular weight is 488 g/mol. The summed E-state index contributed by atoms with van der Waals surface area (Å²) in [5.74, 6) is -4.35. The molecule has 34 heavy (non-hydrogen) atoms. The van der Waals surface area contributed by atoms with E-state index < -0.39 is 35.5 Å². The van der Waals surface area contributed by atoms with E-state index in [-0.39, 0.29) is 24.0 Å². The maximum Gasteiger partial charge on any atom is 0.527 e. The number of alkyl halides is 5. The zero-order valence-corrected chi connectivity index (χ0v) is 18.0. The highest BCUT2D eigenvalue weighted by Crippen LogP contribution is 2.39. The van der Waals surface area contributed by atoms with Gasteiger partial charge in [-0.3, -0.25) is 0 Å². The van der Waals surface area contributed by atoms with Gasteiger partial charge in [0.1, 0.15) is 23.0 Å². The molecule has 0 saturated carbocycles. The van der Waals surface area contributed by atoms with Gasteiger partial charge in [-0.05, 0) is 65.3 Å². The minimum Gasteiger partial charge on any atom is -0.222 e. The maximum absolute atomic E-state index is 14.6. The number of ether oxygens (including phenoxy) is 1. The van der Waals surface area contributed by atoms with Crippen molar-refractivity contribution in [3.63, 3.8) is 0 Å². The third-order valence-corrected chi connectivity index (χ3v) is 5.20. The topological polar surface area (TPSA) is 9.23 Å². The molecule has 0 aliphatic rings. The van der Waals surface area contributed by atoms with Crippen molar-refractivity contribution in [3.05, 3.63) is 94.3 Å². The van der Waals surface area contributed by atoms with Gasteiger partial charge in [-0.2, -0.15) is 8.78 Å². The van der Waals surface area contributed by atoms with Crippen LogP contribution in [0.3, 0.4) is 0 Å². The van der Waals surface area contributed by atoms with Crippen LogP contribution in [-0.4, -0.2) is 6.36 Å². The second-order valence-electron chi connectivity index (χ2n) is 7.75. The van der Waals surface area contributed by atoms with Crippen LogP contribution in [0, 0.1) is 17.5 Å². The lowest BCUT2D eigenvalue weighted by Crippen LogP contribution is -2.29. The quantitative estimate of drug-likeness (QED) is 0.291. The Morgan fingerprint density at radius 1 is 0.647 bits per heavy atom. The van der Waals surface area contributed by atoms with E-state index in [4.69, 9.17) is 0 Å². The smallest absolute Gasteiger partial charge is 0.222 e. The van der Waals surface area contributed by atoms with Gasteiger partial charge in [0.05, 0.1) is 0 Å². The predicted molar refractivity (Wildman–Crippen MR) is 111 cm³/mol. The van der Waals surface area contributed by atoms with Crippen molar-refractivity contribution in [2.24, 2.45) is 0 Å². The Bertz CT molecular complexity index is 1110. The molecule has 3 aromatic rings. The molecule has 0 unspecified atom stereocenters. The van der Waals surface area contributed by atoms with Gasteiger partial charge in [-0.15, -0.1) is 13.2 Å². The minimum absolute atomic E-state index is 0.0186. The fourth-order valence-corrected chi connectivity index (χ4v) is 3.61. The molecule has 0 aliphatic heterocycles. The minimum atomic E-state index is -5.80. The number of hydrogen-bond donors (Lipinski definition) is 0. The summed E-state index contributed by atoms with van der Waals surface area (Å²) in [6.07, 6.45) is -9.27. The van der Waals surface area contributed by atoms with Crippen molar-refractivity contribution in [3.8, 4) is 11.1 Å². The van der Waals surface area contributed by atoms with Gasteiger partial charge in [0.25, 0.3) is 0 Å². The molecule has 0 aromatic heterocycles. The van der Waals surface area contributed by atoms with Gasteiger partial charge in [0.15, 0.2) is 0 Å². The summed E-state index contributed by atoms with van der Waals surface area (Å²) in [5, 5.41) is 0. The van der Waals surface area contributed by atoms with E-state index in [2.05, 4.69) is 11.7 Å². The van der Waals surface area contributed by atoms with Crippen molar-refractivity contribution in [1.82, 2.24) is 0 Å². The summed E-state index contributed by atoms with van der Waals surface area (Å²) in [6.45, 7) is 2.07. The van der Waals surface area contributed by atoms with Crippen molar-refractivity contribution in [2.45, 2.75) is 45.1 Å². The molecule has 0 amide bonds. The highest BCUT2D eigenvalue weighted by Gasteiger charge is 2.49. The average Bonchev–Trinajstić information content (AvgIpc) is 2.71. The second kappa shape index (κ2) is 10.1. The molecule has 0 radical (unpaired) electrons. The maximum atomic E-state index is 14.6. The first kappa shape index (κ1) is 25.7. The Morgan fingerprint density at radius 2 is 1.24 bits per heavy atom. The molecular formula is C25H20F8O. The second-order valence-corrected chi connectivity index (χ2v) is 7.75. The van der Waals surface area contributed by atoms with Crippen LogP contribution >= 0.6 is 0 Å². The first-order valence-corrected chi connectivity index (χ1v) is 10.4. The zero-order chi connectivity index (χ0) is 25.1. The molecule has 0 aliphatic carbocycles. The van der Waals surface area contributed by atoms with Gasteiger partial charge in [0.2, 0.25) is 0 Å². The number of hydrogen-bond acceptors (Lipinski definition) is 1. The lowest BCUT2D eigenvalue weighted by Gasteiger charge is -2.20. The first-order valence-electron chi connectivity index (χ1n) is 10.4. The Morgan fingerprint density at radius 3 is 1.76 bits per heavy atom. The monoisotopic (exact) mass is 488 g/mol. The summed E-state index contributed by atoms with van der Waals surface area (Å²) in [7, 11) is 0. The molecule has 0 fully saturated rings. The van der Waals surface area contributed by atoms with Crippen molar-refractivity contribution >= 4 is 0 Å². The molecule has 0 atom stereocenters. The van der Waals surface area contributed by atoms with Crippen molar-refractivity contribution in [1.29, 1.82) is 0 Å². The summed E-state index contributed by atoms with van der Waals surface area (Å²) in [5.41, 5.74) is 0.564. The third kappa shape index (κ3) is 6.34. The number of halogens is 8. The fraction of sp³-hybridized carbons (Fsp3) is 0.280. The first-order chi connectivity index (χ1) is 15.9. The zero-order valence-electron chi connectivity index (χ0n) is 18.0. The highest BCUT2D eigenvalue weighted by atomic mass is 19.4. The van der Waals surface area contributed by atoms with Crippen LogP contribution in [0.2, 0.25) is 0 Å². The van der Waals surface area contributed by atoms with Gasteiger partial charge in [-0.1, -0.05) is 49.7 Å². The van der Waals surface area contributed by atoms with E-state index in [1.165, 1.54) is 12.1 Å². The van der Waals surface area contributed by atoms with E-state index in [1.807, 2.05) is 24.3 Å². The molecule has 0 heterocycles. The standard InChI is InChI=1S/C25H20F8O/c1-2-3-15-4-7-17(8-5-15)19-11-10-18(20(26)14-19)9-6-16-12-21(27)23(22(28)13-16)24(29,30)34-25(31,32)33/h4-5,7-8,10-14H,2-3,6,9H2,1H3. The van der Waals surface area contributed by atoms with Crippen LogP contribution in [0.25, 0.3) is 11.1 Å². The molecule has 3 aromatic carbocycles. The molecule has 1 nitrogen and oxygen atoms in total. The summed E-state index contributed by atoms with van der Waals surface area (Å²) < 4.78 is 109. The van der Waals surface area contributed by atoms with Crippen LogP contribution < -0.4 is 0 Å². The van der Waals surface area contributed by atoms with E-state index >= 15 is 0 Å². The van der Waals surface area contributed by atoms with E-state index in [0.29, 0.717) is 17.7 Å². The van der Waals surface area contributed by atoms with Crippen LogP contribution in [0.1, 0.15) is 35.6 Å². The third-order valence-electron chi connectivity index (χ3n) is 5.20. The molecule has 3 rings (SSSR count). The number of aryl methyl sites for hydroxylation is 3. The lowest BCUT2D eigenvalue weighted by molar-refractivity contribution is -0.432. The Hall–Kier alpha value is -2.94.